The number of hydrogen-bond acceptors (Lipinski definition) is 4. The van der Waals surface area contributed by atoms with Crippen LogP contribution in [0.3, 0.4) is 0 Å². The molecule has 0 aromatic rings. The lowest BCUT2D eigenvalue weighted by molar-refractivity contribution is -0.156. The zero-order valence-electron chi connectivity index (χ0n) is 16.0. The Labute approximate surface area is 146 Å². The topological polar surface area (TPSA) is 77.8 Å². The van der Waals surface area contributed by atoms with Crippen LogP contribution in [-0.4, -0.2) is 39.9 Å². The molecule has 0 heterocycles. The molecule has 0 aliphatic heterocycles. The first-order valence-electron chi connectivity index (χ1n) is 9.52. The van der Waals surface area contributed by atoms with E-state index < -0.39 is 11.5 Å². The molecule has 0 saturated heterocycles. The Balaban J connectivity index is 2.38. The first-order valence-corrected chi connectivity index (χ1v) is 9.52. The second kappa shape index (κ2) is 6.69. The van der Waals surface area contributed by atoms with E-state index in [1.165, 1.54) is 0 Å². The highest BCUT2D eigenvalue weighted by atomic mass is 16.3. The van der Waals surface area contributed by atoms with Crippen molar-refractivity contribution in [3.63, 3.8) is 0 Å². The number of aliphatic hydroxyl groups excluding tert-OH is 3. The van der Waals surface area contributed by atoms with Crippen molar-refractivity contribution in [3.05, 3.63) is 0 Å². The molecule has 0 amide bonds. The molecule has 4 nitrogen and oxygen atoms in total. The largest absolute Gasteiger partial charge is 0.396 e. The van der Waals surface area contributed by atoms with Crippen LogP contribution in [0.1, 0.15) is 73.1 Å². The van der Waals surface area contributed by atoms with Crippen molar-refractivity contribution in [2.24, 2.45) is 28.1 Å². The summed E-state index contributed by atoms with van der Waals surface area (Å²) in [5, 5.41) is 30.6. The summed E-state index contributed by atoms with van der Waals surface area (Å²) in [6.07, 6.45) is 3.28. The van der Waals surface area contributed by atoms with E-state index in [0.717, 1.165) is 19.3 Å². The monoisotopic (exact) mass is 340 g/mol. The Hall–Kier alpha value is -0.450. The van der Waals surface area contributed by atoms with Crippen molar-refractivity contribution in [1.29, 1.82) is 0 Å². The fraction of sp³-hybridized carbons (Fsp3) is 0.950. The van der Waals surface area contributed by atoms with Gasteiger partial charge in [-0.3, -0.25) is 4.79 Å². The second-order valence-corrected chi connectivity index (χ2v) is 9.28. The van der Waals surface area contributed by atoms with Crippen LogP contribution >= 0.6 is 0 Å². The highest BCUT2D eigenvalue weighted by Crippen LogP contribution is 2.68. The summed E-state index contributed by atoms with van der Waals surface area (Å²) in [5.74, 6) is 0.562. The van der Waals surface area contributed by atoms with Gasteiger partial charge < -0.3 is 15.3 Å². The van der Waals surface area contributed by atoms with E-state index in [4.69, 9.17) is 5.11 Å². The maximum atomic E-state index is 12.8. The minimum Gasteiger partial charge on any atom is -0.396 e. The molecule has 24 heavy (non-hydrogen) atoms. The third-order valence-corrected chi connectivity index (χ3v) is 7.79. The van der Waals surface area contributed by atoms with Gasteiger partial charge in [0.25, 0.3) is 0 Å². The molecule has 0 spiro atoms. The molecule has 0 bridgehead atoms. The molecule has 140 valence electrons. The van der Waals surface area contributed by atoms with E-state index in [1.807, 2.05) is 0 Å². The minimum atomic E-state index is -0.723. The molecule has 6 atom stereocenters. The van der Waals surface area contributed by atoms with Crippen LogP contribution in [0.5, 0.6) is 0 Å². The molecule has 6 unspecified atom stereocenters. The van der Waals surface area contributed by atoms with Crippen LogP contribution in [0.15, 0.2) is 0 Å². The summed E-state index contributed by atoms with van der Waals surface area (Å²) in [6, 6.07) is 0. The van der Waals surface area contributed by atoms with Gasteiger partial charge in [0.1, 0.15) is 5.78 Å². The van der Waals surface area contributed by atoms with E-state index in [9.17, 15) is 15.0 Å². The molecule has 3 N–H and O–H groups in total. The van der Waals surface area contributed by atoms with Crippen molar-refractivity contribution in [1.82, 2.24) is 0 Å². The molecule has 0 radical (unpaired) electrons. The lowest BCUT2D eigenvalue weighted by Crippen LogP contribution is -2.55. The van der Waals surface area contributed by atoms with Crippen molar-refractivity contribution >= 4 is 5.78 Å². The van der Waals surface area contributed by atoms with E-state index in [1.54, 1.807) is 6.92 Å². The molecule has 2 rings (SSSR count). The lowest BCUT2D eigenvalue weighted by atomic mass is 9.49. The summed E-state index contributed by atoms with van der Waals surface area (Å²) >= 11 is 0. The van der Waals surface area contributed by atoms with Gasteiger partial charge in [-0.2, -0.15) is 0 Å². The van der Waals surface area contributed by atoms with Gasteiger partial charge in [0.2, 0.25) is 0 Å². The maximum Gasteiger partial charge on any atom is 0.139 e. The molecular weight excluding hydrogens is 304 g/mol. The third-order valence-electron chi connectivity index (χ3n) is 7.79. The van der Waals surface area contributed by atoms with Crippen LogP contribution in [0.25, 0.3) is 0 Å². The van der Waals surface area contributed by atoms with Crippen molar-refractivity contribution in [3.8, 4) is 0 Å². The Morgan fingerprint density at radius 2 is 1.79 bits per heavy atom. The lowest BCUT2D eigenvalue weighted by Gasteiger charge is -2.55. The number of hydrogen-bond donors (Lipinski definition) is 3. The average Bonchev–Trinajstić information content (AvgIpc) is 2.72. The molecule has 2 aliphatic carbocycles. The summed E-state index contributed by atoms with van der Waals surface area (Å²) < 4.78 is 0. The van der Waals surface area contributed by atoms with Crippen LogP contribution < -0.4 is 0 Å². The summed E-state index contributed by atoms with van der Waals surface area (Å²) in [6.45, 7) is 10.2. The van der Waals surface area contributed by atoms with Crippen LogP contribution in [-0.2, 0) is 4.79 Å². The Bertz CT molecular complexity index is 474. The van der Waals surface area contributed by atoms with E-state index >= 15 is 0 Å². The van der Waals surface area contributed by atoms with Gasteiger partial charge in [0.15, 0.2) is 0 Å². The Kier molecular flexibility index (Phi) is 5.54. The summed E-state index contributed by atoms with van der Waals surface area (Å²) in [7, 11) is 0. The van der Waals surface area contributed by atoms with Gasteiger partial charge in [-0.15, -0.1) is 0 Å². The van der Waals surface area contributed by atoms with Gasteiger partial charge in [-0.1, -0.05) is 27.7 Å². The van der Waals surface area contributed by atoms with Gasteiger partial charge in [-0.25, -0.2) is 0 Å². The fourth-order valence-corrected chi connectivity index (χ4v) is 6.04. The first kappa shape index (κ1) is 19.9. The highest BCUT2D eigenvalue weighted by molar-refractivity contribution is 5.84. The number of ketones is 1. The number of fused-ring (bicyclic) bond motifs is 1. The van der Waals surface area contributed by atoms with E-state index in [0.29, 0.717) is 25.2 Å². The smallest absolute Gasteiger partial charge is 0.139 e. The standard InChI is InChI=1S/C20H36O4/c1-13(8-11-21)6-10-20(14(2)22)17(24)12-15-18(3,4)16(23)7-9-19(15,20)5/h13,15-17,21,23-24H,6-12H2,1-5H3. The number of carbonyl (C=O) groups is 1. The summed E-state index contributed by atoms with van der Waals surface area (Å²) in [4.78, 5) is 12.8. The quantitative estimate of drug-likeness (QED) is 0.695. The highest BCUT2D eigenvalue weighted by Gasteiger charge is 2.68. The molecule has 2 fully saturated rings. The number of aliphatic hydroxyl groups is 3. The molecule has 0 aromatic carbocycles. The van der Waals surface area contributed by atoms with Crippen LogP contribution in [0.4, 0.5) is 0 Å². The average molecular weight is 341 g/mol. The van der Waals surface area contributed by atoms with Crippen molar-refractivity contribution < 1.29 is 20.1 Å². The van der Waals surface area contributed by atoms with Crippen molar-refractivity contribution in [2.75, 3.05) is 6.61 Å². The second-order valence-electron chi connectivity index (χ2n) is 9.28. The minimum absolute atomic E-state index is 0.0865. The Morgan fingerprint density at radius 3 is 2.33 bits per heavy atom. The number of carbonyl (C=O) groups excluding carboxylic acids is 1. The SMILES string of the molecule is CC(=O)C1(CCC(C)CCO)C(O)CC2C(C)(C)C(O)CCC21C. The van der Waals surface area contributed by atoms with Crippen LogP contribution in [0.2, 0.25) is 0 Å². The molecule has 0 aromatic heterocycles. The molecule has 2 saturated carbocycles. The van der Waals surface area contributed by atoms with E-state index in [2.05, 4.69) is 27.7 Å². The predicted octanol–water partition coefficient (Wildman–Crippen LogP) is 2.93. The van der Waals surface area contributed by atoms with Gasteiger partial charge in [0.05, 0.1) is 17.6 Å². The molecule has 2 aliphatic rings. The van der Waals surface area contributed by atoms with Gasteiger partial charge in [0, 0.05) is 6.61 Å². The predicted molar refractivity (Wildman–Crippen MR) is 94.5 cm³/mol. The third kappa shape index (κ3) is 2.75. The normalized spacial score (nSPS) is 42.6. The first-order chi connectivity index (χ1) is 11.0. The number of Topliss-reactive ketones (excluding diaryl/α,β-unsaturated/α-hetero) is 1. The zero-order valence-corrected chi connectivity index (χ0v) is 16.0. The van der Waals surface area contributed by atoms with Gasteiger partial charge >= 0.3 is 0 Å². The maximum absolute atomic E-state index is 12.8. The molecular formula is C20H36O4. The molecule has 4 heteroatoms. The summed E-state index contributed by atoms with van der Waals surface area (Å²) in [5.41, 5.74) is -1.29. The van der Waals surface area contributed by atoms with Gasteiger partial charge in [-0.05, 0) is 68.1 Å². The Morgan fingerprint density at radius 1 is 1.17 bits per heavy atom. The van der Waals surface area contributed by atoms with Crippen molar-refractivity contribution in [2.45, 2.75) is 85.4 Å². The number of rotatable bonds is 6. The zero-order chi connectivity index (χ0) is 18.3. The fourth-order valence-electron chi connectivity index (χ4n) is 6.04. The van der Waals surface area contributed by atoms with Crippen LogP contribution in [0, 0.1) is 28.1 Å². The van der Waals surface area contributed by atoms with E-state index in [-0.39, 0.29) is 35.2 Å².